The molecule has 6 nitrogen and oxygen atoms in total. The molecule has 2 N–H and O–H groups in total. The van der Waals surface area contributed by atoms with Gasteiger partial charge in [-0.25, -0.2) is 9.78 Å². The Morgan fingerprint density at radius 1 is 1.00 bits per heavy atom. The van der Waals surface area contributed by atoms with E-state index in [0.29, 0.717) is 25.6 Å². The van der Waals surface area contributed by atoms with Gasteiger partial charge in [0.1, 0.15) is 0 Å². The van der Waals surface area contributed by atoms with E-state index in [-0.39, 0.29) is 6.03 Å². The smallest absolute Gasteiger partial charge is 0.315 e. The molecule has 0 spiro atoms. The van der Waals surface area contributed by atoms with Gasteiger partial charge in [-0.15, -0.1) is 0 Å². The van der Waals surface area contributed by atoms with Crippen LogP contribution >= 0.6 is 0 Å². The molecule has 0 radical (unpaired) electrons. The Morgan fingerprint density at radius 2 is 1.65 bits per heavy atom. The summed E-state index contributed by atoms with van der Waals surface area (Å²) in [6, 6.07) is 11.3. The molecule has 0 saturated carbocycles. The van der Waals surface area contributed by atoms with Gasteiger partial charge in [-0.1, -0.05) is 24.3 Å². The Kier molecular flexibility index (Phi) is 6.38. The number of benzene rings is 1. The first-order chi connectivity index (χ1) is 11.2. The zero-order chi connectivity index (χ0) is 16.5. The minimum absolute atomic E-state index is 0.221. The van der Waals surface area contributed by atoms with Crippen LogP contribution in [0.5, 0.6) is 5.88 Å². The summed E-state index contributed by atoms with van der Waals surface area (Å²) in [4.78, 5) is 15.8. The molecule has 2 rings (SSSR count). The van der Waals surface area contributed by atoms with Crippen LogP contribution in [-0.2, 0) is 24.4 Å². The molecule has 122 valence electrons. The van der Waals surface area contributed by atoms with Gasteiger partial charge in [0, 0.05) is 32.5 Å². The molecule has 23 heavy (non-hydrogen) atoms. The Hall–Kier alpha value is -2.60. The number of carbonyl (C=O) groups excluding carboxylic acids is 1. The lowest BCUT2D eigenvalue weighted by Gasteiger charge is -2.09. The predicted octanol–water partition coefficient (Wildman–Crippen LogP) is 2.24. The van der Waals surface area contributed by atoms with Crippen LogP contribution in [0.4, 0.5) is 4.79 Å². The Balaban J connectivity index is 1.76. The van der Waals surface area contributed by atoms with Crippen LogP contribution in [0.15, 0.2) is 42.6 Å². The minimum atomic E-state index is -0.221. The summed E-state index contributed by atoms with van der Waals surface area (Å²) in [6.45, 7) is 1.47. The fraction of sp³-hybridized carbons (Fsp3) is 0.294. The highest BCUT2D eigenvalue weighted by molar-refractivity contribution is 5.73. The molecule has 1 aromatic heterocycles. The SMILES string of the molecule is COCc1ccc(CNC(=O)NCc2ccnc(OC)c2)cc1. The van der Waals surface area contributed by atoms with Gasteiger partial charge >= 0.3 is 6.03 Å². The van der Waals surface area contributed by atoms with Crippen LogP contribution in [0.1, 0.15) is 16.7 Å². The number of carbonyl (C=O) groups is 1. The first kappa shape index (κ1) is 16.8. The van der Waals surface area contributed by atoms with Crippen molar-refractivity contribution in [3.05, 3.63) is 59.3 Å². The molecule has 6 heteroatoms. The van der Waals surface area contributed by atoms with Crippen molar-refractivity contribution in [1.29, 1.82) is 0 Å². The molecule has 0 aliphatic rings. The Bertz CT molecular complexity index is 629. The zero-order valence-corrected chi connectivity index (χ0v) is 13.3. The first-order valence-corrected chi connectivity index (χ1v) is 7.28. The van der Waals surface area contributed by atoms with Crippen LogP contribution in [0.2, 0.25) is 0 Å². The average molecular weight is 315 g/mol. The summed E-state index contributed by atoms with van der Waals surface area (Å²) in [6.07, 6.45) is 1.65. The summed E-state index contributed by atoms with van der Waals surface area (Å²) in [7, 11) is 3.22. The summed E-state index contributed by atoms with van der Waals surface area (Å²) in [5.74, 6) is 0.529. The second kappa shape index (κ2) is 8.75. The number of hydrogen-bond acceptors (Lipinski definition) is 4. The van der Waals surface area contributed by atoms with Crippen molar-refractivity contribution in [2.45, 2.75) is 19.7 Å². The fourth-order valence-electron chi connectivity index (χ4n) is 2.02. The summed E-state index contributed by atoms with van der Waals surface area (Å²) >= 11 is 0. The van der Waals surface area contributed by atoms with Gasteiger partial charge in [-0.2, -0.15) is 0 Å². The molecule has 0 aliphatic heterocycles. The van der Waals surface area contributed by atoms with Crippen molar-refractivity contribution in [2.24, 2.45) is 0 Å². The van der Waals surface area contributed by atoms with Gasteiger partial charge < -0.3 is 20.1 Å². The molecule has 0 unspecified atom stereocenters. The lowest BCUT2D eigenvalue weighted by Crippen LogP contribution is -2.34. The molecule has 2 amide bonds. The second-order valence-electron chi connectivity index (χ2n) is 4.99. The molecule has 0 aliphatic carbocycles. The Morgan fingerprint density at radius 3 is 2.30 bits per heavy atom. The number of amides is 2. The quantitative estimate of drug-likeness (QED) is 0.822. The van der Waals surface area contributed by atoms with Gasteiger partial charge in [-0.05, 0) is 22.8 Å². The van der Waals surface area contributed by atoms with Gasteiger partial charge in [0.05, 0.1) is 13.7 Å². The third-order valence-corrected chi connectivity index (χ3v) is 3.25. The second-order valence-corrected chi connectivity index (χ2v) is 4.99. The highest BCUT2D eigenvalue weighted by atomic mass is 16.5. The summed E-state index contributed by atoms with van der Waals surface area (Å²) in [5.41, 5.74) is 3.06. The van der Waals surface area contributed by atoms with Crippen molar-refractivity contribution in [1.82, 2.24) is 15.6 Å². The molecule has 0 atom stereocenters. The average Bonchev–Trinajstić information content (AvgIpc) is 2.60. The van der Waals surface area contributed by atoms with E-state index >= 15 is 0 Å². The van der Waals surface area contributed by atoms with Crippen molar-refractivity contribution >= 4 is 6.03 Å². The topological polar surface area (TPSA) is 72.5 Å². The number of nitrogens with one attached hydrogen (secondary N) is 2. The minimum Gasteiger partial charge on any atom is -0.481 e. The van der Waals surface area contributed by atoms with Crippen molar-refractivity contribution in [3.63, 3.8) is 0 Å². The van der Waals surface area contributed by atoms with Crippen LogP contribution in [0.25, 0.3) is 0 Å². The summed E-state index contributed by atoms with van der Waals surface area (Å²) in [5, 5.41) is 5.62. The maximum absolute atomic E-state index is 11.8. The van der Waals surface area contributed by atoms with Gasteiger partial charge in [0.25, 0.3) is 0 Å². The van der Waals surface area contributed by atoms with E-state index in [1.807, 2.05) is 30.3 Å². The molecule has 0 bridgehead atoms. The number of rotatable bonds is 7. The predicted molar refractivity (Wildman–Crippen MR) is 87.0 cm³/mol. The lowest BCUT2D eigenvalue weighted by atomic mass is 10.1. The van der Waals surface area contributed by atoms with Gasteiger partial charge in [0.15, 0.2) is 0 Å². The van der Waals surface area contributed by atoms with Crippen LogP contribution in [0, 0.1) is 0 Å². The maximum atomic E-state index is 11.8. The number of ether oxygens (including phenoxy) is 2. The summed E-state index contributed by atoms with van der Waals surface area (Å²) < 4.78 is 10.1. The van der Waals surface area contributed by atoms with Crippen LogP contribution in [-0.4, -0.2) is 25.2 Å². The van der Waals surface area contributed by atoms with E-state index < -0.39 is 0 Å². The number of aromatic nitrogens is 1. The van der Waals surface area contributed by atoms with Crippen molar-refractivity contribution in [3.8, 4) is 5.88 Å². The standard InChI is InChI=1S/C17H21N3O3/c1-22-12-14-5-3-13(4-6-14)10-19-17(21)20-11-15-7-8-18-16(9-15)23-2/h3-9H,10-12H2,1-2H3,(H2,19,20,21). The monoisotopic (exact) mass is 315 g/mol. The van der Waals surface area contributed by atoms with E-state index in [9.17, 15) is 4.79 Å². The van der Waals surface area contributed by atoms with Gasteiger partial charge in [-0.3, -0.25) is 0 Å². The third kappa shape index (κ3) is 5.60. The number of methoxy groups -OCH3 is 2. The highest BCUT2D eigenvalue weighted by Crippen LogP contribution is 2.08. The zero-order valence-electron chi connectivity index (χ0n) is 13.3. The van der Waals surface area contributed by atoms with Crippen molar-refractivity contribution < 1.29 is 14.3 Å². The first-order valence-electron chi connectivity index (χ1n) is 7.28. The lowest BCUT2D eigenvalue weighted by molar-refractivity contribution is 0.185. The highest BCUT2D eigenvalue weighted by Gasteiger charge is 2.02. The molecule has 0 fully saturated rings. The number of hydrogen-bond donors (Lipinski definition) is 2. The molecular weight excluding hydrogens is 294 g/mol. The van der Waals surface area contributed by atoms with E-state index in [1.54, 1.807) is 26.5 Å². The normalized spacial score (nSPS) is 10.2. The van der Waals surface area contributed by atoms with Crippen LogP contribution < -0.4 is 15.4 Å². The van der Waals surface area contributed by atoms with Crippen molar-refractivity contribution in [2.75, 3.05) is 14.2 Å². The van der Waals surface area contributed by atoms with Gasteiger partial charge in [0.2, 0.25) is 5.88 Å². The molecule has 0 saturated heterocycles. The fourth-order valence-corrected chi connectivity index (χ4v) is 2.02. The molecule has 1 aromatic carbocycles. The number of nitrogens with zero attached hydrogens (tertiary/aromatic N) is 1. The molecule has 1 heterocycles. The number of pyridine rings is 1. The Labute approximate surface area is 135 Å². The third-order valence-electron chi connectivity index (χ3n) is 3.25. The maximum Gasteiger partial charge on any atom is 0.315 e. The van der Waals surface area contributed by atoms with E-state index in [2.05, 4.69) is 15.6 Å². The van der Waals surface area contributed by atoms with E-state index in [0.717, 1.165) is 16.7 Å². The van der Waals surface area contributed by atoms with Crippen LogP contribution in [0.3, 0.4) is 0 Å². The molecule has 2 aromatic rings. The molecular formula is C17H21N3O3. The van der Waals surface area contributed by atoms with E-state index in [1.165, 1.54) is 0 Å². The number of urea groups is 1. The largest absolute Gasteiger partial charge is 0.481 e. The van der Waals surface area contributed by atoms with E-state index in [4.69, 9.17) is 9.47 Å².